The van der Waals surface area contributed by atoms with Gasteiger partial charge in [-0.25, -0.2) is 9.97 Å². The Labute approximate surface area is 234 Å². The van der Waals surface area contributed by atoms with Gasteiger partial charge in [0, 0.05) is 44.4 Å². The summed E-state index contributed by atoms with van der Waals surface area (Å²) in [6, 6.07) is 8.84. The quantitative estimate of drug-likeness (QED) is 0.161. The summed E-state index contributed by atoms with van der Waals surface area (Å²) in [5.41, 5.74) is 2.50. The molecule has 0 unspecified atom stereocenters. The molecule has 0 atom stereocenters. The molecule has 0 radical (unpaired) electrons. The first kappa shape index (κ1) is 30.5. The maximum Gasteiger partial charge on any atom is 0.306 e. The van der Waals surface area contributed by atoms with Crippen LogP contribution in [0.5, 0.6) is 0 Å². The summed E-state index contributed by atoms with van der Waals surface area (Å²) < 4.78 is 4.90. The Balaban J connectivity index is 1.56. The molecule has 3 aromatic rings. The van der Waals surface area contributed by atoms with Crippen molar-refractivity contribution < 1.29 is 9.53 Å². The summed E-state index contributed by atoms with van der Waals surface area (Å²) in [6.45, 7) is 12.7. The van der Waals surface area contributed by atoms with Gasteiger partial charge in [0.25, 0.3) is 0 Å². The number of carbonyl (C=O) groups is 1. The van der Waals surface area contributed by atoms with E-state index >= 15 is 0 Å². The molecule has 0 saturated carbocycles. The number of hydrogen-bond acceptors (Lipinski definition) is 7. The van der Waals surface area contributed by atoms with E-state index in [1.807, 2.05) is 12.4 Å². The molecule has 0 amide bonds. The van der Waals surface area contributed by atoms with Gasteiger partial charge in [0.2, 0.25) is 0 Å². The fourth-order valence-electron chi connectivity index (χ4n) is 4.89. The van der Waals surface area contributed by atoms with Gasteiger partial charge in [-0.3, -0.25) is 14.6 Å². The number of unbranched alkanes of at least 4 members (excludes halogenated alkanes) is 1. The van der Waals surface area contributed by atoms with Crippen molar-refractivity contribution in [3.63, 3.8) is 0 Å². The lowest BCUT2D eigenvalue weighted by Crippen LogP contribution is -2.30. The third-order valence-corrected chi connectivity index (χ3v) is 6.83. The Kier molecular flexibility index (Phi) is 13.7. The number of aromatic amines is 2. The number of rotatable bonds is 20. The lowest BCUT2D eigenvalue weighted by Gasteiger charge is -2.24. The molecule has 0 aliphatic heterocycles. The molecule has 9 heteroatoms. The second-order valence-corrected chi connectivity index (χ2v) is 10.2. The number of ether oxygens (including phenoxy) is 1. The first-order valence-electron chi connectivity index (χ1n) is 14.4. The zero-order valence-electron chi connectivity index (χ0n) is 24.1. The Morgan fingerprint density at radius 3 is 1.69 bits per heavy atom. The van der Waals surface area contributed by atoms with Gasteiger partial charge in [0.1, 0.15) is 11.6 Å². The number of nitrogens with one attached hydrogen (secondary N) is 2. The predicted molar refractivity (Wildman–Crippen MR) is 155 cm³/mol. The Morgan fingerprint density at radius 1 is 0.718 bits per heavy atom. The smallest absolute Gasteiger partial charge is 0.306 e. The van der Waals surface area contributed by atoms with Crippen LogP contribution in [0, 0.1) is 0 Å². The number of imidazole rings is 2. The molecule has 2 aromatic heterocycles. The fourth-order valence-corrected chi connectivity index (χ4v) is 4.89. The van der Waals surface area contributed by atoms with Gasteiger partial charge in [0.15, 0.2) is 0 Å². The molecular weight excluding hydrogens is 490 g/mol. The van der Waals surface area contributed by atoms with Crippen LogP contribution in [0.1, 0.15) is 68.7 Å². The average Bonchev–Trinajstić information content (AvgIpc) is 3.65. The summed E-state index contributed by atoms with van der Waals surface area (Å²) in [5, 5.41) is 0. The van der Waals surface area contributed by atoms with Crippen LogP contribution in [0.2, 0.25) is 0 Å². The molecule has 0 aliphatic rings. The van der Waals surface area contributed by atoms with Crippen LogP contribution in [-0.4, -0.2) is 80.4 Å². The number of nitrogens with zero attached hydrogens (tertiary/aromatic N) is 5. The van der Waals surface area contributed by atoms with Gasteiger partial charge in [0.05, 0.1) is 26.6 Å². The number of benzene rings is 1. The molecular formula is C30H47N7O2. The van der Waals surface area contributed by atoms with E-state index in [-0.39, 0.29) is 5.97 Å². The highest BCUT2D eigenvalue weighted by atomic mass is 16.5. The van der Waals surface area contributed by atoms with E-state index in [0.717, 1.165) is 44.2 Å². The Hall–Kier alpha value is -3.01. The van der Waals surface area contributed by atoms with Gasteiger partial charge >= 0.3 is 5.97 Å². The number of hydrogen-bond donors (Lipinski definition) is 2. The van der Waals surface area contributed by atoms with Gasteiger partial charge in [-0.15, -0.1) is 0 Å². The third-order valence-electron chi connectivity index (χ3n) is 6.83. The van der Waals surface area contributed by atoms with Gasteiger partial charge in [-0.2, -0.15) is 0 Å². The molecule has 0 bridgehead atoms. The van der Waals surface area contributed by atoms with Crippen LogP contribution >= 0.6 is 0 Å². The lowest BCUT2D eigenvalue weighted by atomic mass is 10.1. The molecule has 2 heterocycles. The van der Waals surface area contributed by atoms with Crippen LogP contribution in [-0.2, 0) is 35.7 Å². The fraction of sp³-hybridized carbons (Fsp3) is 0.567. The van der Waals surface area contributed by atoms with Crippen molar-refractivity contribution in [3.05, 3.63) is 71.8 Å². The SMILES string of the molecule is CCCN(CCC)CCCCN(CCC(=O)OC)Cc1ccc(CN(Cc2ncc[nH]2)Cc2ncc[nH]2)cc1. The molecule has 2 N–H and O–H groups in total. The van der Waals surface area contributed by atoms with Crippen molar-refractivity contribution >= 4 is 5.97 Å². The van der Waals surface area contributed by atoms with E-state index in [2.05, 4.69) is 72.7 Å². The van der Waals surface area contributed by atoms with Gasteiger partial charge < -0.3 is 19.6 Å². The minimum absolute atomic E-state index is 0.152. The number of carbonyl (C=O) groups excluding carboxylic acids is 1. The average molecular weight is 538 g/mol. The minimum Gasteiger partial charge on any atom is -0.469 e. The number of H-pyrrole nitrogens is 2. The van der Waals surface area contributed by atoms with E-state index in [1.54, 1.807) is 12.4 Å². The van der Waals surface area contributed by atoms with Crippen LogP contribution in [0.15, 0.2) is 49.1 Å². The first-order valence-corrected chi connectivity index (χ1v) is 14.4. The summed E-state index contributed by atoms with van der Waals surface area (Å²) in [5.74, 6) is 1.72. The van der Waals surface area contributed by atoms with Crippen LogP contribution in [0.3, 0.4) is 0 Å². The summed E-state index contributed by atoms with van der Waals surface area (Å²) in [7, 11) is 1.46. The van der Waals surface area contributed by atoms with E-state index in [9.17, 15) is 4.79 Å². The van der Waals surface area contributed by atoms with Crippen molar-refractivity contribution in [3.8, 4) is 0 Å². The van der Waals surface area contributed by atoms with Crippen LogP contribution in [0.25, 0.3) is 0 Å². The molecule has 1 aromatic carbocycles. The standard InChI is InChI=1S/C30H47N7O2/c1-4-17-35(18-5-2)19-6-7-20-36(21-12-30(38)39-3)22-26-8-10-27(11-9-26)23-37(24-28-31-13-14-32-28)25-29-33-15-16-34-29/h8-11,13-16H,4-7,12,17-25H2,1-3H3,(H,31,32)(H,33,34). The Bertz CT molecular complexity index is 980. The molecule has 0 saturated heterocycles. The highest BCUT2D eigenvalue weighted by Crippen LogP contribution is 2.14. The monoisotopic (exact) mass is 537 g/mol. The molecule has 0 aliphatic carbocycles. The topological polar surface area (TPSA) is 93.4 Å². The molecule has 9 nitrogen and oxygen atoms in total. The van der Waals surface area contributed by atoms with Crippen molar-refractivity contribution in [1.29, 1.82) is 0 Å². The highest BCUT2D eigenvalue weighted by molar-refractivity contribution is 5.69. The second-order valence-electron chi connectivity index (χ2n) is 10.2. The first-order chi connectivity index (χ1) is 19.1. The van der Waals surface area contributed by atoms with Crippen molar-refractivity contribution in [2.24, 2.45) is 0 Å². The maximum absolute atomic E-state index is 11.8. The van der Waals surface area contributed by atoms with Crippen molar-refractivity contribution in [2.45, 2.75) is 72.1 Å². The molecule has 0 spiro atoms. The van der Waals surface area contributed by atoms with Crippen molar-refractivity contribution in [1.82, 2.24) is 34.6 Å². The largest absolute Gasteiger partial charge is 0.469 e. The van der Waals surface area contributed by atoms with Crippen LogP contribution < -0.4 is 0 Å². The summed E-state index contributed by atoms with van der Waals surface area (Å²) in [6.07, 6.45) is 12.4. The van der Waals surface area contributed by atoms with Crippen molar-refractivity contribution in [2.75, 3.05) is 39.8 Å². The number of esters is 1. The zero-order valence-corrected chi connectivity index (χ0v) is 24.1. The minimum atomic E-state index is -0.152. The molecule has 0 fully saturated rings. The molecule has 214 valence electrons. The second kappa shape index (κ2) is 17.6. The molecule has 3 rings (SSSR count). The lowest BCUT2D eigenvalue weighted by molar-refractivity contribution is -0.141. The maximum atomic E-state index is 11.8. The molecule has 39 heavy (non-hydrogen) atoms. The predicted octanol–water partition coefficient (Wildman–Crippen LogP) is 4.60. The Morgan fingerprint density at radius 2 is 1.23 bits per heavy atom. The van der Waals surface area contributed by atoms with Gasteiger partial charge in [-0.05, 0) is 63.0 Å². The van der Waals surface area contributed by atoms with Crippen LogP contribution in [0.4, 0.5) is 0 Å². The number of methoxy groups -OCH3 is 1. The van der Waals surface area contributed by atoms with E-state index in [0.29, 0.717) is 26.1 Å². The highest BCUT2D eigenvalue weighted by Gasteiger charge is 2.13. The summed E-state index contributed by atoms with van der Waals surface area (Å²) in [4.78, 5) is 34.3. The van der Waals surface area contributed by atoms with E-state index in [1.165, 1.54) is 50.6 Å². The van der Waals surface area contributed by atoms with E-state index < -0.39 is 0 Å². The number of aromatic nitrogens is 4. The zero-order chi connectivity index (χ0) is 27.7. The third kappa shape index (κ3) is 11.7. The van der Waals surface area contributed by atoms with Gasteiger partial charge in [-0.1, -0.05) is 38.1 Å². The van der Waals surface area contributed by atoms with E-state index in [4.69, 9.17) is 4.74 Å². The normalized spacial score (nSPS) is 11.6. The summed E-state index contributed by atoms with van der Waals surface area (Å²) >= 11 is 0.